The fourth-order valence-corrected chi connectivity index (χ4v) is 3.56. The number of carbonyl (C=O) groups excluding carboxylic acids is 3. The highest BCUT2D eigenvalue weighted by molar-refractivity contribution is 6.46. The molecular weight excluding hydrogens is 393 g/mol. The van der Waals surface area contributed by atoms with E-state index < -0.39 is 35.1 Å². The summed E-state index contributed by atoms with van der Waals surface area (Å²) < 4.78 is 19.3. The van der Waals surface area contributed by atoms with Gasteiger partial charge < -0.3 is 10.1 Å². The molecule has 1 atom stereocenters. The van der Waals surface area contributed by atoms with E-state index in [2.05, 4.69) is 20.5 Å². The summed E-state index contributed by atoms with van der Waals surface area (Å²) in [5.41, 5.74) is 0.828. The number of ketones is 1. The van der Waals surface area contributed by atoms with Crippen LogP contribution in [0.1, 0.15) is 19.4 Å². The first-order valence-electron chi connectivity index (χ1n) is 9.42. The zero-order valence-electron chi connectivity index (χ0n) is 16.4. The number of nitrogens with one attached hydrogen (secondary N) is 2. The van der Waals surface area contributed by atoms with Crippen molar-refractivity contribution in [3.8, 4) is 11.3 Å². The number of nitrogens with zero attached hydrogens (tertiary/aromatic N) is 3. The normalized spacial score (nSPS) is 20.6. The van der Waals surface area contributed by atoms with Gasteiger partial charge in [0.1, 0.15) is 17.3 Å². The minimum Gasteiger partial charge on any atom is -0.366 e. The van der Waals surface area contributed by atoms with Gasteiger partial charge in [0.05, 0.1) is 18.8 Å². The Labute approximate surface area is 171 Å². The maximum atomic E-state index is 13.7. The number of rotatable bonds is 4. The summed E-state index contributed by atoms with van der Waals surface area (Å²) >= 11 is 0. The SMILES string of the molecule is CC1(C)OCCN2C(=O)C(=O)C(C(=O)NCc3ccc(F)cc3-c3ccn[nH]3)N=C21. The van der Waals surface area contributed by atoms with Crippen molar-refractivity contribution in [2.45, 2.75) is 32.0 Å². The molecular formula is C20H20FN5O4. The number of Topliss-reactive ketones (excluding diaryl/α,β-unsaturated/α-hetero) is 1. The predicted octanol–water partition coefficient (Wildman–Crippen LogP) is 0.819. The summed E-state index contributed by atoms with van der Waals surface area (Å²) in [4.78, 5) is 43.2. The molecule has 1 fully saturated rings. The van der Waals surface area contributed by atoms with Crippen LogP contribution in [0.4, 0.5) is 4.39 Å². The quantitative estimate of drug-likeness (QED) is 0.569. The van der Waals surface area contributed by atoms with Crippen LogP contribution in [-0.4, -0.2) is 63.3 Å². The van der Waals surface area contributed by atoms with E-state index in [9.17, 15) is 18.8 Å². The van der Waals surface area contributed by atoms with E-state index in [0.717, 1.165) is 0 Å². The van der Waals surface area contributed by atoms with E-state index in [1.807, 2.05) is 0 Å². The van der Waals surface area contributed by atoms with Crippen LogP contribution < -0.4 is 5.32 Å². The monoisotopic (exact) mass is 413 g/mol. The molecule has 0 saturated carbocycles. The molecule has 2 aliphatic rings. The van der Waals surface area contributed by atoms with Crippen LogP contribution in [0.15, 0.2) is 35.5 Å². The summed E-state index contributed by atoms with van der Waals surface area (Å²) in [5.74, 6) is -2.53. The van der Waals surface area contributed by atoms with Gasteiger partial charge in [-0.2, -0.15) is 5.10 Å². The van der Waals surface area contributed by atoms with Gasteiger partial charge >= 0.3 is 0 Å². The number of amides is 2. The highest BCUT2D eigenvalue weighted by Crippen LogP contribution is 2.25. The molecule has 0 radical (unpaired) electrons. The topological polar surface area (TPSA) is 117 Å². The summed E-state index contributed by atoms with van der Waals surface area (Å²) in [6.45, 7) is 3.96. The number of benzene rings is 1. The number of fused-ring (bicyclic) bond motifs is 1. The number of aliphatic imine (C=N–C) groups is 1. The number of H-pyrrole nitrogens is 1. The van der Waals surface area contributed by atoms with Crippen molar-refractivity contribution in [3.63, 3.8) is 0 Å². The van der Waals surface area contributed by atoms with Gasteiger partial charge in [0, 0.05) is 18.3 Å². The lowest BCUT2D eigenvalue weighted by atomic mass is 9.99. The molecule has 0 spiro atoms. The molecule has 1 unspecified atom stereocenters. The third kappa shape index (κ3) is 3.50. The van der Waals surface area contributed by atoms with Crippen LogP contribution in [0.2, 0.25) is 0 Å². The molecule has 2 aliphatic heterocycles. The summed E-state index contributed by atoms with van der Waals surface area (Å²) in [6.07, 6.45) is 1.53. The van der Waals surface area contributed by atoms with Gasteiger partial charge in [-0.1, -0.05) is 6.07 Å². The summed E-state index contributed by atoms with van der Waals surface area (Å²) in [6, 6.07) is 4.32. The Bertz CT molecular complexity index is 1050. The van der Waals surface area contributed by atoms with Crippen molar-refractivity contribution < 1.29 is 23.5 Å². The van der Waals surface area contributed by atoms with Crippen molar-refractivity contribution in [3.05, 3.63) is 41.8 Å². The zero-order valence-corrected chi connectivity index (χ0v) is 16.4. The van der Waals surface area contributed by atoms with Crippen LogP contribution >= 0.6 is 0 Å². The molecule has 4 rings (SSSR count). The largest absolute Gasteiger partial charge is 0.366 e. The maximum Gasteiger partial charge on any atom is 0.298 e. The Morgan fingerprint density at radius 1 is 1.37 bits per heavy atom. The number of carbonyl (C=O) groups is 3. The van der Waals surface area contributed by atoms with Crippen LogP contribution in [0.25, 0.3) is 11.3 Å². The highest BCUT2D eigenvalue weighted by atomic mass is 19.1. The molecule has 0 aliphatic carbocycles. The highest BCUT2D eigenvalue weighted by Gasteiger charge is 2.47. The third-order valence-electron chi connectivity index (χ3n) is 5.09. The number of amidine groups is 1. The van der Waals surface area contributed by atoms with Crippen molar-refractivity contribution in [1.82, 2.24) is 20.4 Å². The van der Waals surface area contributed by atoms with Gasteiger partial charge in [-0.15, -0.1) is 0 Å². The Kier molecular flexibility index (Phi) is 4.94. The molecule has 0 bridgehead atoms. The van der Waals surface area contributed by atoms with E-state index in [1.165, 1.54) is 29.3 Å². The molecule has 156 valence electrons. The van der Waals surface area contributed by atoms with Gasteiger partial charge in [0.2, 0.25) is 0 Å². The number of morpholine rings is 1. The van der Waals surface area contributed by atoms with Crippen LogP contribution in [0.5, 0.6) is 0 Å². The minimum atomic E-state index is -1.49. The lowest BCUT2D eigenvalue weighted by Crippen LogP contribution is -2.62. The zero-order chi connectivity index (χ0) is 21.5. The fourth-order valence-electron chi connectivity index (χ4n) is 3.56. The molecule has 2 aromatic rings. The number of ether oxygens (including phenoxy) is 1. The first-order valence-corrected chi connectivity index (χ1v) is 9.42. The van der Waals surface area contributed by atoms with Gasteiger partial charge in [-0.05, 0) is 37.6 Å². The van der Waals surface area contributed by atoms with Crippen molar-refractivity contribution in [2.24, 2.45) is 4.99 Å². The van der Waals surface area contributed by atoms with Crippen LogP contribution in [-0.2, 0) is 25.7 Å². The van der Waals surface area contributed by atoms with Gasteiger partial charge in [0.25, 0.3) is 17.6 Å². The van der Waals surface area contributed by atoms with Gasteiger partial charge in [-0.25, -0.2) is 9.38 Å². The number of halogens is 1. The molecule has 1 aromatic carbocycles. The Morgan fingerprint density at radius 3 is 2.90 bits per heavy atom. The third-order valence-corrected chi connectivity index (χ3v) is 5.09. The van der Waals surface area contributed by atoms with E-state index in [0.29, 0.717) is 16.8 Å². The van der Waals surface area contributed by atoms with Gasteiger partial charge in [0.15, 0.2) is 6.04 Å². The molecule has 2 amide bonds. The Hall–Kier alpha value is -3.40. The molecule has 9 nitrogen and oxygen atoms in total. The van der Waals surface area contributed by atoms with E-state index in [4.69, 9.17) is 4.74 Å². The molecule has 2 N–H and O–H groups in total. The van der Waals surface area contributed by atoms with Crippen LogP contribution in [0, 0.1) is 5.82 Å². The van der Waals surface area contributed by atoms with E-state index >= 15 is 0 Å². The second-order valence-corrected chi connectivity index (χ2v) is 7.52. The van der Waals surface area contributed by atoms with E-state index in [-0.39, 0.29) is 25.5 Å². The van der Waals surface area contributed by atoms with Crippen molar-refractivity contribution in [2.75, 3.05) is 13.2 Å². The maximum absolute atomic E-state index is 13.7. The van der Waals surface area contributed by atoms with E-state index in [1.54, 1.807) is 19.9 Å². The fraction of sp³-hybridized carbons (Fsp3) is 0.350. The van der Waals surface area contributed by atoms with Gasteiger partial charge in [-0.3, -0.25) is 24.4 Å². The Balaban J connectivity index is 1.56. The second-order valence-electron chi connectivity index (χ2n) is 7.52. The number of aromatic amines is 1. The molecule has 10 heteroatoms. The number of hydrogen-bond acceptors (Lipinski definition) is 6. The standard InChI is InChI=1S/C20H20FN5O4/c1-20(2)19-24-15(16(27)18(29)26(19)7-8-30-20)17(28)22-10-11-3-4-12(21)9-13(11)14-5-6-23-25-14/h3-6,9,15H,7-8,10H2,1-2H3,(H,22,28)(H,23,25). The van der Waals surface area contributed by atoms with Crippen molar-refractivity contribution >= 4 is 23.4 Å². The average Bonchev–Trinajstić information content (AvgIpc) is 3.24. The first kappa shape index (κ1) is 19.9. The molecule has 1 saturated heterocycles. The average molecular weight is 413 g/mol. The lowest BCUT2D eigenvalue weighted by molar-refractivity contribution is -0.148. The smallest absolute Gasteiger partial charge is 0.298 e. The van der Waals surface area contributed by atoms with Crippen molar-refractivity contribution in [1.29, 1.82) is 0 Å². The summed E-state index contributed by atoms with van der Waals surface area (Å²) in [7, 11) is 0. The number of hydrogen-bond donors (Lipinski definition) is 2. The Morgan fingerprint density at radius 2 is 2.17 bits per heavy atom. The second kappa shape index (κ2) is 7.45. The lowest BCUT2D eigenvalue weighted by Gasteiger charge is -2.41. The minimum absolute atomic E-state index is 0.0138. The molecule has 1 aromatic heterocycles. The number of aromatic nitrogens is 2. The van der Waals surface area contributed by atoms with Crippen LogP contribution in [0.3, 0.4) is 0 Å². The molecule has 3 heterocycles. The first-order chi connectivity index (χ1) is 14.3. The summed E-state index contributed by atoms with van der Waals surface area (Å²) in [5, 5.41) is 9.24. The predicted molar refractivity (Wildman–Crippen MR) is 104 cm³/mol. The molecule has 30 heavy (non-hydrogen) atoms.